The number of hydrogen-bond acceptors (Lipinski definition) is 4. The number of sulfone groups is 1. The third-order valence-electron chi connectivity index (χ3n) is 3.06. The number of anilines is 1. The van der Waals surface area contributed by atoms with Gasteiger partial charge < -0.3 is 9.32 Å². The molecule has 22 heavy (non-hydrogen) atoms. The minimum atomic E-state index is -3.26. The molecule has 0 N–H and O–H groups in total. The maximum atomic E-state index is 12.6. The number of furan rings is 1. The first-order chi connectivity index (χ1) is 10.2. The molecule has 0 radical (unpaired) electrons. The molecule has 2 rings (SSSR count). The van der Waals surface area contributed by atoms with Crippen LogP contribution in [0.25, 0.3) is 0 Å². The predicted octanol–water partition coefficient (Wildman–Crippen LogP) is 3.50. The zero-order valence-electron chi connectivity index (χ0n) is 12.4. The van der Waals surface area contributed by atoms with Crippen molar-refractivity contribution in [3.05, 3.63) is 46.8 Å². The van der Waals surface area contributed by atoms with Crippen molar-refractivity contribution >= 4 is 37.4 Å². The van der Waals surface area contributed by atoms with E-state index in [2.05, 4.69) is 15.9 Å². The van der Waals surface area contributed by atoms with Crippen LogP contribution in [0, 0.1) is 0 Å². The molecule has 2 aromatic rings. The molecule has 0 aliphatic heterocycles. The Balaban J connectivity index is 2.38. The van der Waals surface area contributed by atoms with Gasteiger partial charge in [-0.3, -0.25) is 4.79 Å². The van der Waals surface area contributed by atoms with Gasteiger partial charge in [-0.1, -0.05) is 0 Å². The predicted molar refractivity (Wildman–Crippen MR) is 87.9 cm³/mol. The number of nitrogens with zero attached hydrogens (tertiary/aromatic N) is 1. The van der Waals surface area contributed by atoms with Crippen LogP contribution in [0.4, 0.5) is 5.69 Å². The second kappa shape index (κ2) is 6.26. The molecule has 0 saturated heterocycles. The highest BCUT2D eigenvalue weighted by molar-refractivity contribution is 9.10. The van der Waals surface area contributed by atoms with Crippen LogP contribution in [0.3, 0.4) is 0 Å². The third kappa shape index (κ3) is 3.59. The first kappa shape index (κ1) is 16.8. The van der Waals surface area contributed by atoms with Crippen LogP contribution in [0.5, 0.6) is 0 Å². The summed E-state index contributed by atoms with van der Waals surface area (Å²) >= 11 is 3.17. The van der Waals surface area contributed by atoms with E-state index in [4.69, 9.17) is 4.42 Å². The van der Waals surface area contributed by atoms with Gasteiger partial charge in [0, 0.05) is 18.0 Å². The molecule has 0 aliphatic carbocycles. The molecule has 0 aliphatic rings. The van der Waals surface area contributed by atoms with Gasteiger partial charge in [-0.25, -0.2) is 8.42 Å². The molecule has 5 nitrogen and oxygen atoms in total. The Labute approximate surface area is 138 Å². The Kier molecular flexibility index (Phi) is 4.77. The first-order valence-electron chi connectivity index (χ1n) is 6.59. The van der Waals surface area contributed by atoms with Gasteiger partial charge in [0.25, 0.3) is 5.91 Å². The first-order valence-corrected chi connectivity index (χ1v) is 9.27. The van der Waals surface area contributed by atoms with E-state index in [-0.39, 0.29) is 22.6 Å². The fraction of sp³-hybridized carbons (Fsp3) is 0.267. The van der Waals surface area contributed by atoms with Crippen molar-refractivity contribution in [3.8, 4) is 0 Å². The van der Waals surface area contributed by atoms with E-state index < -0.39 is 9.84 Å². The van der Waals surface area contributed by atoms with Crippen molar-refractivity contribution in [3.63, 3.8) is 0 Å². The summed E-state index contributed by atoms with van der Waals surface area (Å²) in [7, 11) is -3.26. The molecule has 1 heterocycles. The van der Waals surface area contributed by atoms with Crippen LogP contribution < -0.4 is 4.90 Å². The SMILES string of the molecule is CC(C)N(C(=O)c1ccc(Br)o1)c1ccc(S(C)(=O)=O)cc1. The van der Waals surface area contributed by atoms with Gasteiger partial charge in [-0.05, 0) is 66.2 Å². The monoisotopic (exact) mass is 385 g/mol. The van der Waals surface area contributed by atoms with E-state index in [1.165, 1.54) is 12.1 Å². The Morgan fingerprint density at radius 3 is 2.14 bits per heavy atom. The summed E-state index contributed by atoms with van der Waals surface area (Å²) in [6.07, 6.45) is 1.15. The summed E-state index contributed by atoms with van der Waals surface area (Å²) in [6, 6.07) is 9.35. The van der Waals surface area contributed by atoms with Gasteiger partial charge in [0.15, 0.2) is 20.3 Å². The van der Waals surface area contributed by atoms with E-state index in [1.54, 1.807) is 29.2 Å². The summed E-state index contributed by atoms with van der Waals surface area (Å²) in [6.45, 7) is 3.75. The van der Waals surface area contributed by atoms with Crippen molar-refractivity contribution in [2.45, 2.75) is 24.8 Å². The van der Waals surface area contributed by atoms with Gasteiger partial charge >= 0.3 is 0 Å². The van der Waals surface area contributed by atoms with Crippen LogP contribution >= 0.6 is 15.9 Å². The van der Waals surface area contributed by atoms with Crippen LogP contribution in [0.15, 0.2) is 50.4 Å². The highest BCUT2D eigenvalue weighted by Gasteiger charge is 2.23. The van der Waals surface area contributed by atoms with Crippen molar-refractivity contribution in [2.24, 2.45) is 0 Å². The normalized spacial score (nSPS) is 11.7. The van der Waals surface area contributed by atoms with Crippen LogP contribution in [0.2, 0.25) is 0 Å². The zero-order chi connectivity index (χ0) is 16.5. The van der Waals surface area contributed by atoms with E-state index in [0.29, 0.717) is 10.4 Å². The molecular formula is C15H16BrNO4S. The lowest BCUT2D eigenvalue weighted by atomic mass is 10.2. The molecule has 0 spiro atoms. The molecule has 0 bridgehead atoms. The number of carbonyl (C=O) groups is 1. The highest BCUT2D eigenvalue weighted by atomic mass is 79.9. The number of amides is 1. The third-order valence-corrected chi connectivity index (χ3v) is 4.62. The number of benzene rings is 1. The van der Waals surface area contributed by atoms with Gasteiger partial charge in [0.05, 0.1) is 4.90 Å². The average Bonchev–Trinajstić information content (AvgIpc) is 2.85. The van der Waals surface area contributed by atoms with Gasteiger partial charge in [-0.2, -0.15) is 0 Å². The molecule has 1 aromatic carbocycles. The van der Waals surface area contributed by atoms with Crippen LogP contribution in [0.1, 0.15) is 24.4 Å². The van der Waals surface area contributed by atoms with E-state index in [0.717, 1.165) is 6.26 Å². The maximum Gasteiger partial charge on any atom is 0.294 e. The number of halogens is 1. The Hall–Kier alpha value is -1.60. The van der Waals surface area contributed by atoms with Gasteiger partial charge in [-0.15, -0.1) is 0 Å². The van der Waals surface area contributed by atoms with Crippen molar-refractivity contribution in [1.82, 2.24) is 0 Å². The van der Waals surface area contributed by atoms with Crippen molar-refractivity contribution in [2.75, 3.05) is 11.2 Å². The number of hydrogen-bond donors (Lipinski definition) is 0. The summed E-state index contributed by atoms with van der Waals surface area (Å²) < 4.78 is 28.8. The minimum Gasteiger partial charge on any atom is -0.444 e. The fourth-order valence-electron chi connectivity index (χ4n) is 2.05. The Bertz CT molecular complexity index is 778. The smallest absolute Gasteiger partial charge is 0.294 e. The number of rotatable bonds is 4. The second-order valence-corrected chi connectivity index (χ2v) is 7.94. The quantitative estimate of drug-likeness (QED) is 0.807. The fourth-order valence-corrected chi connectivity index (χ4v) is 2.99. The zero-order valence-corrected chi connectivity index (χ0v) is 14.8. The summed E-state index contributed by atoms with van der Waals surface area (Å²) in [5.41, 5.74) is 0.611. The lowest BCUT2D eigenvalue weighted by molar-refractivity contribution is 0.0952. The molecular weight excluding hydrogens is 370 g/mol. The molecule has 7 heteroatoms. The molecule has 0 saturated carbocycles. The average molecular weight is 386 g/mol. The maximum absolute atomic E-state index is 12.6. The minimum absolute atomic E-state index is 0.111. The molecule has 0 fully saturated rings. The van der Waals surface area contributed by atoms with E-state index >= 15 is 0 Å². The van der Waals surface area contributed by atoms with Crippen molar-refractivity contribution in [1.29, 1.82) is 0 Å². The summed E-state index contributed by atoms with van der Waals surface area (Å²) in [4.78, 5) is 14.3. The molecule has 1 amide bonds. The van der Waals surface area contributed by atoms with Crippen LogP contribution in [-0.2, 0) is 9.84 Å². The molecule has 1 aromatic heterocycles. The summed E-state index contributed by atoms with van der Waals surface area (Å²) in [5, 5.41) is 0. The highest BCUT2D eigenvalue weighted by Crippen LogP contribution is 2.24. The van der Waals surface area contributed by atoms with Gasteiger partial charge in [0.2, 0.25) is 0 Å². The van der Waals surface area contributed by atoms with Crippen LogP contribution in [-0.4, -0.2) is 26.6 Å². The van der Waals surface area contributed by atoms with Gasteiger partial charge in [0.1, 0.15) is 0 Å². The molecule has 118 valence electrons. The Morgan fingerprint density at radius 2 is 1.73 bits per heavy atom. The second-order valence-electron chi connectivity index (χ2n) is 5.14. The topological polar surface area (TPSA) is 67.6 Å². The van der Waals surface area contributed by atoms with E-state index in [9.17, 15) is 13.2 Å². The van der Waals surface area contributed by atoms with E-state index in [1.807, 2.05) is 13.8 Å². The lowest BCUT2D eigenvalue weighted by Crippen LogP contribution is -2.36. The standard InChI is InChI=1S/C15H16BrNO4S/c1-10(2)17(15(18)13-8-9-14(16)21-13)11-4-6-12(7-5-11)22(3,19)20/h4-10H,1-3H3. The Morgan fingerprint density at radius 1 is 1.14 bits per heavy atom. The molecule has 0 atom stereocenters. The summed E-state index contributed by atoms with van der Waals surface area (Å²) in [5.74, 6) is -0.0689. The number of carbonyl (C=O) groups excluding carboxylic acids is 1. The largest absolute Gasteiger partial charge is 0.444 e. The van der Waals surface area contributed by atoms with Crippen molar-refractivity contribution < 1.29 is 17.6 Å². The molecule has 0 unspecified atom stereocenters. The lowest BCUT2D eigenvalue weighted by Gasteiger charge is -2.26.